The van der Waals surface area contributed by atoms with Crippen LogP contribution in [0.25, 0.3) is 10.3 Å². The van der Waals surface area contributed by atoms with E-state index in [1.54, 1.807) is 0 Å². The van der Waals surface area contributed by atoms with Gasteiger partial charge >= 0.3 is 0 Å². The molecular formula is C22H26N6O3S. The number of carbonyl (C=O) groups excluding carboxylic acids is 2. The summed E-state index contributed by atoms with van der Waals surface area (Å²) >= 11 is 1.28. The van der Waals surface area contributed by atoms with Crippen molar-refractivity contribution >= 4 is 44.3 Å². The maximum Gasteiger partial charge on any atom is 0.273 e. The zero-order valence-electron chi connectivity index (χ0n) is 18.1. The van der Waals surface area contributed by atoms with Crippen molar-refractivity contribution in [1.82, 2.24) is 19.9 Å². The van der Waals surface area contributed by atoms with Crippen LogP contribution < -0.4 is 21.1 Å². The molecule has 3 aromatic rings. The molecule has 2 aromatic heterocycles. The van der Waals surface area contributed by atoms with Gasteiger partial charge in [-0.05, 0) is 38.3 Å². The number of rotatable bonds is 6. The molecule has 1 aromatic carbocycles. The van der Waals surface area contributed by atoms with Crippen LogP contribution in [0.4, 0.5) is 10.8 Å². The van der Waals surface area contributed by atoms with E-state index >= 15 is 0 Å². The van der Waals surface area contributed by atoms with Crippen molar-refractivity contribution < 1.29 is 9.59 Å². The topological polar surface area (TPSA) is 109 Å². The molecule has 1 aliphatic heterocycles. The van der Waals surface area contributed by atoms with Crippen LogP contribution in [0.1, 0.15) is 25.3 Å². The van der Waals surface area contributed by atoms with E-state index in [4.69, 9.17) is 0 Å². The number of nitrogens with one attached hydrogen (secondary N) is 2. The Balaban J connectivity index is 1.46. The number of thiazole rings is 1. The summed E-state index contributed by atoms with van der Waals surface area (Å²) in [5, 5.41) is 6.44. The van der Waals surface area contributed by atoms with Crippen LogP contribution in [-0.2, 0) is 16.1 Å². The molecule has 1 fully saturated rings. The molecule has 0 bridgehead atoms. The molecule has 0 atom stereocenters. The first-order chi connectivity index (χ1) is 15.5. The highest BCUT2D eigenvalue weighted by atomic mass is 32.1. The molecule has 9 nitrogen and oxygen atoms in total. The monoisotopic (exact) mass is 454 g/mol. The predicted molar refractivity (Wildman–Crippen MR) is 125 cm³/mol. The number of aromatic nitrogens is 3. The first-order valence-electron chi connectivity index (χ1n) is 10.7. The van der Waals surface area contributed by atoms with Crippen LogP contribution in [0, 0.1) is 12.8 Å². The van der Waals surface area contributed by atoms with E-state index in [1.165, 1.54) is 22.2 Å². The zero-order chi connectivity index (χ0) is 22.7. The van der Waals surface area contributed by atoms with Gasteiger partial charge in [0.15, 0.2) is 10.8 Å². The maximum absolute atomic E-state index is 12.9. The summed E-state index contributed by atoms with van der Waals surface area (Å²) in [6.07, 6.45) is 2.86. The second kappa shape index (κ2) is 9.47. The largest absolute Gasteiger partial charge is 0.356 e. The lowest BCUT2D eigenvalue weighted by molar-refractivity contribution is -0.125. The number of anilines is 2. The highest BCUT2D eigenvalue weighted by Crippen LogP contribution is 2.29. The first kappa shape index (κ1) is 21.9. The molecule has 1 saturated heterocycles. The fourth-order valence-electron chi connectivity index (χ4n) is 3.79. The number of nitrogens with zero attached hydrogens (tertiary/aromatic N) is 4. The average molecular weight is 455 g/mol. The Morgan fingerprint density at radius 1 is 1.22 bits per heavy atom. The summed E-state index contributed by atoms with van der Waals surface area (Å²) in [5.41, 5.74) is 1.77. The van der Waals surface area contributed by atoms with E-state index in [0.717, 1.165) is 29.2 Å². The number of aryl methyl sites for hydroxylation is 1. The van der Waals surface area contributed by atoms with E-state index < -0.39 is 0 Å². The molecule has 0 spiro atoms. The molecule has 168 valence electrons. The van der Waals surface area contributed by atoms with Crippen LogP contribution >= 0.6 is 11.3 Å². The standard InChI is InChI=1S/C22H26N6O3S/c1-3-23-20(30)15-8-10-27(11-9-15)22-26-19-18(32-22)21(31)28(13-24-19)12-17(29)25-16-7-5-4-6-14(16)2/h4-7,13,15H,3,8-12H2,1-2H3,(H,23,30)(H,25,29). The Morgan fingerprint density at radius 3 is 2.69 bits per heavy atom. The van der Waals surface area contributed by atoms with Crippen LogP contribution in [0.3, 0.4) is 0 Å². The van der Waals surface area contributed by atoms with Gasteiger partial charge in [0.1, 0.15) is 17.6 Å². The lowest BCUT2D eigenvalue weighted by Crippen LogP contribution is -2.40. The van der Waals surface area contributed by atoms with Crippen molar-refractivity contribution in [3.63, 3.8) is 0 Å². The number of hydrogen-bond donors (Lipinski definition) is 2. The fraction of sp³-hybridized carbons (Fsp3) is 0.409. The molecular weight excluding hydrogens is 428 g/mol. The molecule has 0 unspecified atom stereocenters. The highest BCUT2D eigenvalue weighted by Gasteiger charge is 2.26. The van der Waals surface area contributed by atoms with Gasteiger partial charge in [-0.25, -0.2) is 4.98 Å². The minimum absolute atomic E-state index is 0.0164. The van der Waals surface area contributed by atoms with Gasteiger partial charge in [0.2, 0.25) is 11.8 Å². The second-order valence-corrected chi connectivity index (χ2v) is 8.82. The van der Waals surface area contributed by atoms with E-state index in [2.05, 4.69) is 25.5 Å². The maximum atomic E-state index is 12.9. The molecule has 10 heteroatoms. The summed E-state index contributed by atoms with van der Waals surface area (Å²) in [4.78, 5) is 48.4. The van der Waals surface area contributed by atoms with Crippen molar-refractivity contribution in [2.75, 3.05) is 29.9 Å². The summed E-state index contributed by atoms with van der Waals surface area (Å²) in [7, 11) is 0. The Kier molecular flexibility index (Phi) is 6.50. The van der Waals surface area contributed by atoms with Crippen LogP contribution in [-0.4, -0.2) is 46.0 Å². The lowest BCUT2D eigenvalue weighted by atomic mass is 9.96. The van der Waals surface area contributed by atoms with Gasteiger partial charge < -0.3 is 15.5 Å². The second-order valence-electron chi connectivity index (χ2n) is 7.85. The third kappa shape index (κ3) is 4.64. The normalized spacial score (nSPS) is 14.5. The molecule has 2 N–H and O–H groups in total. The van der Waals surface area contributed by atoms with Crippen molar-refractivity contribution in [3.05, 3.63) is 46.5 Å². The first-order valence-corrected chi connectivity index (χ1v) is 11.5. The third-order valence-electron chi connectivity index (χ3n) is 5.59. The van der Waals surface area contributed by atoms with Crippen molar-refractivity contribution in [2.24, 2.45) is 5.92 Å². The van der Waals surface area contributed by atoms with E-state index in [-0.39, 0.29) is 29.8 Å². The van der Waals surface area contributed by atoms with Crippen molar-refractivity contribution in [3.8, 4) is 0 Å². The Bertz CT molecular complexity index is 1200. The quantitative estimate of drug-likeness (QED) is 0.591. The molecule has 32 heavy (non-hydrogen) atoms. The summed E-state index contributed by atoms with van der Waals surface area (Å²) < 4.78 is 1.73. The van der Waals surface area contributed by atoms with Gasteiger partial charge in [-0.2, -0.15) is 4.98 Å². The Labute approximate surface area is 189 Å². The number of piperidine rings is 1. The molecule has 0 aliphatic carbocycles. The molecule has 0 saturated carbocycles. The highest BCUT2D eigenvalue weighted by molar-refractivity contribution is 7.22. The number of hydrogen-bond acceptors (Lipinski definition) is 7. The van der Waals surface area contributed by atoms with Gasteiger partial charge in [-0.1, -0.05) is 29.5 Å². The smallest absolute Gasteiger partial charge is 0.273 e. The number of benzene rings is 1. The van der Waals surface area contributed by atoms with Crippen molar-refractivity contribution in [2.45, 2.75) is 33.2 Å². The number of fused-ring (bicyclic) bond motifs is 1. The lowest BCUT2D eigenvalue weighted by Gasteiger charge is -2.30. The van der Waals surface area contributed by atoms with E-state index in [0.29, 0.717) is 30.0 Å². The molecule has 2 amide bonds. The SMILES string of the molecule is CCNC(=O)C1CCN(c2nc3ncn(CC(=O)Nc4ccccc4C)c(=O)c3s2)CC1. The Hall–Kier alpha value is -3.27. The van der Waals surface area contributed by atoms with E-state index in [1.807, 2.05) is 38.1 Å². The van der Waals surface area contributed by atoms with Gasteiger partial charge in [-0.15, -0.1) is 0 Å². The Morgan fingerprint density at radius 2 is 1.97 bits per heavy atom. The van der Waals surface area contributed by atoms with Crippen LogP contribution in [0.15, 0.2) is 35.4 Å². The molecule has 0 radical (unpaired) electrons. The third-order valence-corrected chi connectivity index (χ3v) is 6.69. The van der Waals surface area contributed by atoms with Gasteiger partial charge in [0.25, 0.3) is 5.56 Å². The van der Waals surface area contributed by atoms with Gasteiger partial charge in [-0.3, -0.25) is 19.0 Å². The fourth-order valence-corrected chi connectivity index (χ4v) is 4.81. The van der Waals surface area contributed by atoms with Crippen LogP contribution in [0.5, 0.6) is 0 Å². The number of para-hydroxylation sites is 1. The molecule has 4 rings (SSSR count). The number of carbonyl (C=O) groups is 2. The number of amides is 2. The zero-order valence-corrected chi connectivity index (χ0v) is 18.9. The van der Waals surface area contributed by atoms with Gasteiger partial charge in [0.05, 0.1) is 0 Å². The average Bonchev–Trinajstić information content (AvgIpc) is 3.23. The minimum Gasteiger partial charge on any atom is -0.356 e. The predicted octanol–water partition coefficient (Wildman–Crippen LogP) is 2.15. The van der Waals surface area contributed by atoms with Crippen LogP contribution in [0.2, 0.25) is 0 Å². The molecule has 1 aliphatic rings. The van der Waals surface area contributed by atoms with E-state index in [9.17, 15) is 14.4 Å². The summed E-state index contributed by atoms with van der Waals surface area (Å²) in [6, 6.07) is 7.48. The minimum atomic E-state index is -0.292. The molecule has 3 heterocycles. The van der Waals surface area contributed by atoms with Crippen molar-refractivity contribution in [1.29, 1.82) is 0 Å². The summed E-state index contributed by atoms with van der Waals surface area (Å²) in [6.45, 7) is 5.75. The van der Waals surface area contributed by atoms with Gasteiger partial charge in [0, 0.05) is 31.2 Å². The summed E-state index contributed by atoms with van der Waals surface area (Å²) in [5.74, 6) is -0.174.